The molecule has 0 saturated heterocycles. The predicted molar refractivity (Wildman–Crippen MR) is 115 cm³/mol. The summed E-state index contributed by atoms with van der Waals surface area (Å²) in [4.78, 5) is 37.5. The number of carbonyl (C=O) groups excluding carboxylic acids is 1. The number of benzene rings is 1. The first-order valence-corrected chi connectivity index (χ1v) is 11.4. The van der Waals surface area contributed by atoms with Gasteiger partial charge in [-0.2, -0.15) is 21.6 Å². The Balaban J connectivity index is 2.59. The summed E-state index contributed by atoms with van der Waals surface area (Å²) in [5.41, 5.74) is -5.37. The number of ether oxygens (including phenoxy) is 1. The van der Waals surface area contributed by atoms with E-state index in [9.17, 15) is 40.4 Å². The van der Waals surface area contributed by atoms with Gasteiger partial charge in [0.1, 0.15) is 17.3 Å². The average Bonchev–Trinajstić information content (AvgIpc) is 2.72. The minimum Gasteiger partial charge on any atom is -0.479 e. The van der Waals surface area contributed by atoms with Crippen LogP contribution in [-0.4, -0.2) is 47.0 Å². The monoisotopic (exact) mass is 545 g/mol. The van der Waals surface area contributed by atoms with Gasteiger partial charge in [-0.15, -0.1) is 0 Å². The van der Waals surface area contributed by atoms with Gasteiger partial charge < -0.3 is 4.74 Å². The van der Waals surface area contributed by atoms with Crippen molar-refractivity contribution in [3.05, 3.63) is 55.6 Å². The van der Waals surface area contributed by atoms with E-state index < -0.39 is 73.8 Å². The van der Waals surface area contributed by atoms with Crippen LogP contribution in [0.4, 0.5) is 17.6 Å². The molecular formula is C19H20ClF4N3O7S. The fourth-order valence-electron chi connectivity index (χ4n) is 3.02. The van der Waals surface area contributed by atoms with Crippen LogP contribution in [0, 0.1) is 5.82 Å². The molecule has 0 aliphatic heterocycles. The molecular weight excluding hydrogens is 526 g/mol. The van der Waals surface area contributed by atoms with Crippen LogP contribution < -0.4 is 16.0 Å². The maximum Gasteiger partial charge on any atom is 0.431 e. The number of nitrogens with zero attached hydrogens (tertiary/aromatic N) is 3. The van der Waals surface area contributed by atoms with E-state index in [4.69, 9.17) is 16.3 Å². The lowest BCUT2D eigenvalue weighted by Crippen LogP contribution is -2.48. The van der Waals surface area contributed by atoms with Crippen molar-refractivity contribution in [3.63, 3.8) is 0 Å². The molecule has 1 unspecified atom stereocenters. The SMILES string of the molecule is COS(=O)(=O)N(C(=O)C(C)Oc1cc(-n2c(=O)cc(C(F)(F)F)n(C)c2=O)c(F)cc1Cl)C(C)C. The molecule has 0 saturated carbocycles. The highest BCUT2D eigenvalue weighted by Crippen LogP contribution is 2.31. The molecule has 0 spiro atoms. The summed E-state index contributed by atoms with van der Waals surface area (Å²) in [6, 6.07) is 0.561. The lowest BCUT2D eigenvalue weighted by atomic mass is 10.2. The Morgan fingerprint density at radius 3 is 2.20 bits per heavy atom. The van der Waals surface area contributed by atoms with E-state index >= 15 is 0 Å². The van der Waals surface area contributed by atoms with E-state index in [1.165, 1.54) is 13.8 Å². The van der Waals surface area contributed by atoms with Gasteiger partial charge in [-0.25, -0.2) is 18.1 Å². The van der Waals surface area contributed by atoms with Crippen LogP contribution in [-0.2, 0) is 32.5 Å². The first kappa shape index (κ1) is 28.3. The van der Waals surface area contributed by atoms with Crippen LogP contribution in [0.25, 0.3) is 5.69 Å². The van der Waals surface area contributed by atoms with Gasteiger partial charge in [-0.1, -0.05) is 11.6 Å². The number of alkyl halides is 3. The number of carbonyl (C=O) groups is 1. The Labute approximate surface area is 201 Å². The third-order valence-electron chi connectivity index (χ3n) is 4.64. The van der Waals surface area contributed by atoms with Gasteiger partial charge in [0.2, 0.25) is 0 Å². The average molecular weight is 546 g/mol. The third-order valence-corrected chi connectivity index (χ3v) is 6.44. The molecule has 0 bridgehead atoms. The van der Waals surface area contributed by atoms with E-state index in [0.717, 1.165) is 27.1 Å². The molecule has 194 valence electrons. The molecule has 0 aliphatic carbocycles. The first-order valence-electron chi connectivity index (χ1n) is 9.64. The number of amides is 1. The zero-order valence-corrected chi connectivity index (χ0v) is 20.5. The molecule has 0 aliphatic rings. The predicted octanol–water partition coefficient (Wildman–Crippen LogP) is 2.24. The molecule has 10 nitrogen and oxygen atoms in total. The van der Waals surface area contributed by atoms with Gasteiger partial charge in [0.15, 0.2) is 6.10 Å². The topological polar surface area (TPSA) is 117 Å². The van der Waals surface area contributed by atoms with Gasteiger partial charge in [-0.3, -0.25) is 18.3 Å². The molecule has 1 atom stereocenters. The maximum atomic E-state index is 14.6. The normalized spacial score (nSPS) is 13.1. The highest BCUT2D eigenvalue weighted by atomic mass is 35.5. The van der Waals surface area contributed by atoms with Gasteiger partial charge >= 0.3 is 22.2 Å². The Kier molecular flexibility index (Phi) is 8.08. The lowest BCUT2D eigenvalue weighted by molar-refractivity contribution is -0.144. The van der Waals surface area contributed by atoms with Crippen molar-refractivity contribution in [2.75, 3.05) is 7.11 Å². The number of aromatic nitrogens is 2. The second-order valence-electron chi connectivity index (χ2n) is 7.39. The summed E-state index contributed by atoms with van der Waals surface area (Å²) < 4.78 is 88.4. The molecule has 1 heterocycles. The maximum absolute atomic E-state index is 14.6. The quantitative estimate of drug-likeness (QED) is 0.490. The summed E-state index contributed by atoms with van der Waals surface area (Å²) in [6.45, 7) is 3.92. The zero-order chi connectivity index (χ0) is 27.0. The van der Waals surface area contributed by atoms with Gasteiger partial charge in [0, 0.05) is 25.2 Å². The second-order valence-corrected chi connectivity index (χ2v) is 9.38. The van der Waals surface area contributed by atoms with Gasteiger partial charge in [0.05, 0.1) is 17.8 Å². The highest BCUT2D eigenvalue weighted by Gasteiger charge is 2.36. The second kappa shape index (κ2) is 9.99. The first-order chi connectivity index (χ1) is 15.9. The molecule has 1 aromatic carbocycles. The smallest absolute Gasteiger partial charge is 0.431 e. The van der Waals surface area contributed by atoms with Crippen molar-refractivity contribution in [1.29, 1.82) is 0 Å². The Morgan fingerprint density at radius 1 is 1.14 bits per heavy atom. The molecule has 2 aromatic rings. The fourth-order valence-corrected chi connectivity index (χ4v) is 4.26. The molecule has 0 N–H and O–H groups in total. The molecule has 0 radical (unpaired) electrons. The minimum atomic E-state index is -5.03. The summed E-state index contributed by atoms with van der Waals surface area (Å²) in [6.07, 6.45) is -6.58. The summed E-state index contributed by atoms with van der Waals surface area (Å²) >= 11 is 5.94. The fraction of sp³-hybridized carbons (Fsp3) is 0.421. The number of hydrogen-bond acceptors (Lipinski definition) is 7. The van der Waals surface area contributed by atoms with E-state index in [1.54, 1.807) is 0 Å². The van der Waals surface area contributed by atoms with E-state index in [1.807, 2.05) is 0 Å². The largest absolute Gasteiger partial charge is 0.479 e. The van der Waals surface area contributed by atoms with Crippen LogP contribution in [0.3, 0.4) is 0 Å². The van der Waals surface area contributed by atoms with Crippen molar-refractivity contribution in [2.24, 2.45) is 7.05 Å². The van der Waals surface area contributed by atoms with Crippen LogP contribution in [0.15, 0.2) is 27.8 Å². The zero-order valence-electron chi connectivity index (χ0n) is 18.9. The molecule has 1 amide bonds. The van der Waals surface area contributed by atoms with Crippen molar-refractivity contribution >= 4 is 27.8 Å². The van der Waals surface area contributed by atoms with E-state index in [0.29, 0.717) is 10.4 Å². The van der Waals surface area contributed by atoms with Crippen molar-refractivity contribution in [3.8, 4) is 11.4 Å². The van der Waals surface area contributed by atoms with Gasteiger partial charge in [-0.05, 0) is 26.8 Å². The summed E-state index contributed by atoms with van der Waals surface area (Å²) in [5.74, 6) is -2.81. The third kappa shape index (κ3) is 5.67. The Bertz CT molecular complexity index is 1370. The Morgan fingerprint density at radius 2 is 1.71 bits per heavy atom. The van der Waals surface area contributed by atoms with Crippen LogP contribution in [0.2, 0.25) is 5.02 Å². The minimum absolute atomic E-state index is 0.109. The van der Waals surface area contributed by atoms with E-state index in [-0.39, 0.29) is 15.2 Å². The van der Waals surface area contributed by atoms with Crippen molar-refractivity contribution in [1.82, 2.24) is 13.4 Å². The summed E-state index contributed by atoms with van der Waals surface area (Å²) in [7, 11) is -2.88. The molecule has 0 fully saturated rings. The van der Waals surface area contributed by atoms with Crippen molar-refractivity contribution in [2.45, 2.75) is 39.1 Å². The molecule has 1 aromatic heterocycles. The summed E-state index contributed by atoms with van der Waals surface area (Å²) in [5, 5.41) is -0.437. The van der Waals surface area contributed by atoms with Gasteiger partial charge in [0.25, 0.3) is 11.5 Å². The standard InChI is InChI=1S/C19H20ClF4N3O7S/c1-9(2)27(35(31,32)33-5)17(29)10(3)34-14-7-13(12(21)6-11(14)20)26-16(28)8-15(19(22,23)24)25(4)18(26)30/h6-10H,1-5H3. The Hall–Kier alpha value is -2.91. The number of hydrogen-bond donors (Lipinski definition) is 0. The van der Waals surface area contributed by atoms with Crippen LogP contribution in [0.1, 0.15) is 26.5 Å². The number of halogens is 5. The van der Waals surface area contributed by atoms with E-state index in [2.05, 4.69) is 4.18 Å². The van der Waals surface area contributed by atoms with Crippen LogP contribution in [0.5, 0.6) is 5.75 Å². The molecule has 2 rings (SSSR count). The van der Waals surface area contributed by atoms with Crippen LogP contribution >= 0.6 is 11.6 Å². The lowest BCUT2D eigenvalue weighted by Gasteiger charge is -2.27. The highest BCUT2D eigenvalue weighted by molar-refractivity contribution is 7.84. The number of rotatable bonds is 7. The molecule has 16 heteroatoms. The van der Waals surface area contributed by atoms with Crippen molar-refractivity contribution < 1.29 is 39.7 Å². The molecule has 35 heavy (non-hydrogen) atoms.